The third-order valence-corrected chi connectivity index (χ3v) is 3.99. The maximum Gasteiger partial charge on any atom is 0.320 e. The van der Waals surface area contributed by atoms with Crippen molar-refractivity contribution in [3.8, 4) is 0 Å². The summed E-state index contributed by atoms with van der Waals surface area (Å²) in [4.78, 5) is 10.8. The highest BCUT2D eigenvalue weighted by molar-refractivity contribution is 7.93. The van der Waals surface area contributed by atoms with Crippen LogP contribution in [0.2, 0.25) is 0 Å². The van der Waals surface area contributed by atoms with Crippen molar-refractivity contribution in [2.75, 3.05) is 30.9 Å². The van der Waals surface area contributed by atoms with Crippen molar-refractivity contribution in [2.24, 2.45) is 0 Å². The Kier molecular flexibility index (Phi) is 5.90. The molecule has 0 atom stereocenters. The molecule has 0 saturated carbocycles. The normalized spacial score (nSPS) is 12.4. The van der Waals surface area contributed by atoms with Crippen LogP contribution < -0.4 is 4.72 Å². The van der Waals surface area contributed by atoms with Gasteiger partial charge in [0.25, 0.3) is 0 Å². The minimum Gasteiger partial charge on any atom is -0.465 e. The number of nitrogens with one attached hydrogen (secondary N) is 1. The lowest BCUT2D eigenvalue weighted by Gasteiger charge is -2.05. The van der Waals surface area contributed by atoms with Crippen LogP contribution in [0, 0.1) is 0 Å². The molecule has 0 aromatic rings. The van der Waals surface area contributed by atoms with E-state index < -0.39 is 43.9 Å². The smallest absolute Gasteiger partial charge is 0.320 e. The van der Waals surface area contributed by atoms with Crippen LogP contribution in [0.1, 0.15) is 6.92 Å². The van der Waals surface area contributed by atoms with Gasteiger partial charge in [-0.25, -0.2) is 21.6 Å². The first-order chi connectivity index (χ1) is 7.16. The number of ether oxygens (including phenoxy) is 1. The number of carbonyl (C=O) groups is 1. The van der Waals surface area contributed by atoms with Crippen LogP contribution in [0.3, 0.4) is 0 Å². The molecular weight excluding hydrogens is 258 g/mol. The first-order valence-corrected chi connectivity index (χ1v) is 8.18. The zero-order valence-electron chi connectivity index (χ0n) is 9.09. The quantitative estimate of drug-likeness (QED) is 0.567. The van der Waals surface area contributed by atoms with Crippen LogP contribution in [-0.2, 0) is 29.4 Å². The Morgan fingerprint density at radius 1 is 1.19 bits per heavy atom. The molecule has 1 N–H and O–H groups in total. The van der Waals surface area contributed by atoms with Crippen molar-refractivity contribution in [3.05, 3.63) is 0 Å². The Morgan fingerprint density at radius 3 is 2.19 bits per heavy atom. The second-order valence-corrected chi connectivity index (χ2v) is 7.26. The van der Waals surface area contributed by atoms with Crippen LogP contribution >= 0.6 is 0 Å². The van der Waals surface area contributed by atoms with E-state index in [2.05, 4.69) is 4.74 Å². The third kappa shape index (κ3) is 8.62. The minimum absolute atomic E-state index is 0.157. The number of esters is 1. The monoisotopic (exact) mass is 273 g/mol. The van der Waals surface area contributed by atoms with Crippen molar-refractivity contribution >= 4 is 25.8 Å². The minimum atomic E-state index is -3.76. The number of carbonyl (C=O) groups excluding carboxylic acids is 1. The van der Waals surface area contributed by atoms with E-state index >= 15 is 0 Å². The lowest BCUT2D eigenvalue weighted by atomic mass is 10.7. The summed E-state index contributed by atoms with van der Waals surface area (Å²) >= 11 is 0. The summed E-state index contributed by atoms with van der Waals surface area (Å²) in [5.74, 6) is -1.75. The summed E-state index contributed by atoms with van der Waals surface area (Å²) in [5, 5.41) is 0. The summed E-state index contributed by atoms with van der Waals surface area (Å²) in [7, 11) is -7.10. The van der Waals surface area contributed by atoms with E-state index in [0.717, 1.165) is 6.26 Å². The van der Waals surface area contributed by atoms with Gasteiger partial charge in [0.1, 0.15) is 16.4 Å². The van der Waals surface area contributed by atoms with E-state index in [0.29, 0.717) is 0 Å². The molecule has 0 heterocycles. The van der Waals surface area contributed by atoms with Gasteiger partial charge in [-0.05, 0) is 6.92 Å². The molecule has 0 spiro atoms. The molecule has 0 aliphatic carbocycles. The van der Waals surface area contributed by atoms with E-state index in [1.165, 1.54) is 0 Å². The molecule has 0 unspecified atom stereocenters. The molecule has 0 aromatic heterocycles. The van der Waals surface area contributed by atoms with Gasteiger partial charge in [0.2, 0.25) is 10.0 Å². The number of sulfone groups is 1. The largest absolute Gasteiger partial charge is 0.465 e. The summed E-state index contributed by atoms with van der Waals surface area (Å²) in [6.45, 7) is 1.26. The van der Waals surface area contributed by atoms with E-state index in [1.54, 1.807) is 6.92 Å². The Morgan fingerprint density at radius 2 is 1.75 bits per heavy atom. The lowest BCUT2D eigenvalue weighted by Crippen LogP contribution is -2.34. The average molecular weight is 273 g/mol. The van der Waals surface area contributed by atoms with Crippen molar-refractivity contribution in [2.45, 2.75) is 6.92 Å². The predicted molar refractivity (Wildman–Crippen MR) is 58.1 cm³/mol. The molecule has 0 bridgehead atoms. The second-order valence-electron chi connectivity index (χ2n) is 3.07. The van der Waals surface area contributed by atoms with Gasteiger partial charge >= 0.3 is 5.97 Å². The number of sulfonamides is 1. The van der Waals surface area contributed by atoms with Gasteiger partial charge in [0, 0.05) is 6.26 Å². The molecular formula is C7H15NO6S2. The van der Waals surface area contributed by atoms with E-state index in [-0.39, 0.29) is 6.61 Å². The zero-order valence-corrected chi connectivity index (χ0v) is 10.7. The van der Waals surface area contributed by atoms with Gasteiger partial charge in [0.05, 0.1) is 18.1 Å². The summed E-state index contributed by atoms with van der Waals surface area (Å²) in [5.41, 5.74) is 0. The third-order valence-electron chi connectivity index (χ3n) is 1.46. The van der Waals surface area contributed by atoms with Crippen molar-refractivity contribution in [1.82, 2.24) is 4.72 Å². The van der Waals surface area contributed by atoms with Crippen molar-refractivity contribution in [1.29, 1.82) is 0 Å². The second kappa shape index (κ2) is 6.16. The van der Waals surface area contributed by atoms with Crippen LogP contribution in [0.5, 0.6) is 0 Å². The maximum absolute atomic E-state index is 11.2. The molecule has 0 aromatic carbocycles. The van der Waals surface area contributed by atoms with Gasteiger partial charge in [-0.3, -0.25) is 4.79 Å². The summed E-state index contributed by atoms with van der Waals surface area (Å²) in [6.07, 6.45) is 0.938. The summed E-state index contributed by atoms with van der Waals surface area (Å²) in [6, 6.07) is 0. The van der Waals surface area contributed by atoms with Crippen molar-refractivity contribution in [3.63, 3.8) is 0 Å². The number of rotatable bonds is 7. The molecule has 0 saturated heterocycles. The molecule has 9 heteroatoms. The van der Waals surface area contributed by atoms with E-state index in [1.807, 2.05) is 4.72 Å². The zero-order chi connectivity index (χ0) is 12.8. The number of hydrogen-bond donors (Lipinski definition) is 1. The molecule has 16 heavy (non-hydrogen) atoms. The molecule has 0 radical (unpaired) electrons. The molecule has 0 aliphatic heterocycles. The SMILES string of the molecule is CCOC(=O)CNS(=O)(=O)CCS(C)(=O)=O. The first-order valence-electron chi connectivity index (χ1n) is 4.47. The standard InChI is InChI=1S/C7H15NO6S2/c1-3-14-7(9)6-8-16(12,13)5-4-15(2,10)11/h8H,3-6H2,1-2H3. The highest BCUT2D eigenvalue weighted by Gasteiger charge is 2.15. The fourth-order valence-electron chi connectivity index (χ4n) is 0.714. The Labute approximate surface area is 95.1 Å². The van der Waals surface area contributed by atoms with Gasteiger partial charge in [0.15, 0.2) is 0 Å². The van der Waals surface area contributed by atoms with Gasteiger partial charge in [-0.1, -0.05) is 0 Å². The van der Waals surface area contributed by atoms with E-state index in [4.69, 9.17) is 0 Å². The Bertz CT molecular complexity index is 424. The van der Waals surface area contributed by atoms with Crippen LogP contribution in [0.4, 0.5) is 0 Å². The molecule has 0 amide bonds. The molecule has 7 nitrogen and oxygen atoms in total. The highest BCUT2D eigenvalue weighted by Crippen LogP contribution is 1.90. The van der Waals surface area contributed by atoms with Gasteiger partial charge in [-0.2, -0.15) is 0 Å². The molecule has 0 rings (SSSR count). The Hall–Kier alpha value is -0.670. The first kappa shape index (κ1) is 15.3. The topological polar surface area (TPSA) is 107 Å². The Balaban J connectivity index is 4.12. The molecule has 96 valence electrons. The fourth-order valence-corrected chi connectivity index (χ4v) is 3.28. The molecule has 0 aliphatic rings. The van der Waals surface area contributed by atoms with Crippen LogP contribution in [-0.4, -0.2) is 53.7 Å². The predicted octanol–water partition coefficient (Wildman–Crippen LogP) is -1.49. The molecule has 0 fully saturated rings. The van der Waals surface area contributed by atoms with Crippen molar-refractivity contribution < 1.29 is 26.4 Å². The van der Waals surface area contributed by atoms with Crippen LogP contribution in [0.25, 0.3) is 0 Å². The average Bonchev–Trinajstić information content (AvgIpc) is 2.12. The highest BCUT2D eigenvalue weighted by atomic mass is 32.2. The lowest BCUT2D eigenvalue weighted by molar-refractivity contribution is -0.141. The fraction of sp³-hybridized carbons (Fsp3) is 0.857. The van der Waals surface area contributed by atoms with Gasteiger partial charge in [-0.15, -0.1) is 0 Å². The number of hydrogen-bond acceptors (Lipinski definition) is 6. The summed E-state index contributed by atoms with van der Waals surface area (Å²) < 4.78 is 50.3. The maximum atomic E-state index is 11.2. The van der Waals surface area contributed by atoms with Crippen LogP contribution in [0.15, 0.2) is 0 Å². The van der Waals surface area contributed by atoms with Gasteiger partial charge < -0.3 is 4.74 Å². The van der Waals surface area contributed by atoms with E-state index in [9.17, 15) is 21.6 Å².